The lowest BCUT2D eigenvalue weighted by Gasteiger charge is -2.08. The predicted octanol–water partition coefficient (Wildman–Crippen LogP) is 2.12. The van der Waals surface area contributed by atoms with Gasteiger partial charge in [0.25, 0.3) is 0 Å². The fourth-order valence-corrected chi connectivity index (χ4v) is 1.93. The van der Waals surface area contributed by atoms with Gasteiger partial charge in [-0.05, 0) is 18.4 Å². The number of carboxylic acids is 1. The Kier molecular flexibility index (Phi) is 11.3. The fourth-order valence-electron chi connectivity index (χ4n) is 1.93. The molecule has 0 fully saturated rings. The van der Waals surface area contributed by atoms with Gasteiger partial charge >= 0.3 is 18.0 Å². The number of rotatable bonds is 13. The summed E-state index contributed by atoms with van der Waals surface area (Å²) in [4.78, 5) is 33.1. The van der Waals surface area contributed by atoms with Gasteiger partial charge in [0.2, 0.25) is 0 Å². The molecule has 0 aliphatic heterocycles. The van der Waals surface area contributed by atoms with E-state index in [1.807, 2.05) is 30.3 Å². The van der Waals surface area contributed by atoms with Crippen LogP contribution in [-0.4, -0.2) is 49.5 Å². The summed E-state index contributed by atoms with van der Waals surface area (Å²) in [5.41, 5.74) is 0.906. The van der Waals surface area contributed by atoms with Gasteiger partial charge in [0.15, 0.2) is 0 Å². The van der Waals surface area contributed by atoms with Crippen molar-refractivity contribution in [3.8, 4) is 0 Å². The van der Waals surface area contributed by atoms with Crippen molar-refractivity contribution in [1.82, 2.24) is 5.32 Å². The summed E-state index contributed by atoms with van der Waals surface area (Å²) in [5, 5.41) is 11.0. The van der Waals surface area contributed by atoms with Gasteiger partial charge in [-0.3, -0.25) is 9.59 Å². The highest BCUT2D eigenvalue weighted by Gasteiger charge is 2.04. The van der Waals surface area contributed by atoms with E-state index < -0.39 is 12.1 Å². The van der Waals surface area contributed by atoms with Crippen LogP contribution in [0.5, 0.6) is 0 Å². The molecule has 26 heavy (non-hydrogen) atoms. The molecule has 1 rings (SSSR count). The van der Waals surface area contributed by atoms with E-state index in [2.05, 4.69) is 5.32 Å². The molecule has 0 heterocycles. The van der Waals surface area contributed by atoms with Gasteiger partial charge in [-0.15, -0.1) is 0 Å². The lowest BCUT2D eigenvalue weighted by atomic mass is 10.2. The largest absolute Gasteiger partial charge is 0.481 e. The Morgan fingerprint density at radius 2 is 1.65 bits per heavy atom. The number of unbranched alkanes of at least 4 members (excludes halogenated alkanes) is 1. The number of carboxylic acid groups (broad SMARTS) is 1. The highest BCUT2D eigenvalue weighted by molar-refractivity contribution is 5.69. The molecule has 0 spiro atoms. The zero-order valence-corrected chi connectivity index (χ0v) is 14.6. The average Bonchev–Trinajstić information content (AvgIpc) is 2.63. The Morgan fingerprint density at radius 3 is 2.38 bits per heavy atom. The lowest BCUT2D eigenvalue weighted by molar-refractivity contribution is -0.145. The van der Waals surface area contributed by atoms with Gasteiger partial charge in [0.05, 0.1) is 13.2 Å². The van der Waals surface area contributed by atoms with Crippen LogP contribution >= 0.6 is 0 Å². The Labute approximate surface area is 152 Å². The van der Waals surface area contributed by atoms with Crippen molar-refractivity contribution in [2.24, 2.45) is 0 Å². The van der Waals surface area contributed by atoms with Crippen LogP contribution in [0.2, 0.25) is 0 Å². The van der Waals surface area contributed by atoms with Crippen LogP contribution in [0.3, 0.4) is 0 Å². The second kappa shape index (κ2) is 13.7. The second-order valence-corrected chi connectivity index (χ2v) is 5.42. The van der Waals surface area contributed by atoms with Crippen LogP contribution in [0.4, 0.5) is 4.79 Å². The molecule has 1 aromatic carbocycles. The molecule has 0 aliphatic rings. The highest BCUT2D eigenvalue weighted by Crippen LogP contribution is 2.01. The van der Waals surface area contributed by atoms with Crippen LogP contribution in [0, 0.1) is 0 Å². The number of alkyl carbamates (subject to hydrolysis) is 1. The first kappa shape index (κ1) is 21.4. The molecule has 2 N–H and O–H groups in total. The number of aliphatic carboxylic acids is 1. The Bertz CT molecular complexity index is 548. The number of esters is 1. The van der Waals surface area contributed by atoms with E-state index in [9.17, 15) is 14.4 Å². The van der Waals surface area contributed by atoms with Crippen molar-refractivity contribution < 1.29 is 33.7 Å². The normalized spacial score (nSPS) is 10.2. The van der Waals surface area contributed by atoms with Crippen LogP contribution < -0.4 is 5.32 Å². The minimum Gasteiger partial charge on any atom is -0.481 e. The SMILES string of the molecule is O=C(O)CCCCC(=O)OCCOCCNC(=O)OCc1ccccc1. The third-order valence-electron chi connectivity index (χ3n) is 3.24. The van der Waals surface area contributed by atoms with Crippen molar-refractivity contribution in [1.29, 1.82) is 0 Å². The first-order chi connectivity index (χ1) is 12.6. The summed E-state index contributed by atoms with van der Waals surface area (Å²) in [7, 11) is 0. The van der Waals surface area contributed by atoms with Crippen LogP contribution in [0.15, 0.2) is 30.3 Å². The number of carbonyl (C=O) groups is 3. The number of benzene rings is 1. The second-order valence-electron chi connectivity index (χ2n) is 5.42. The smallest absolute Gasteiger partial charge is 0.407 e. The third kappa shape index (κ3) is 11.9. The molecule has 1 aromatic rings. The first-order valence-corrected chi connectivity index (χ1v) is 8.47. The molecule has 0 unspecified atom stereocenters. The molecule has 8 nitrogen and oxygen atoms in total. The van der Waals surface area contributed by atoms with Crippen molar-refractivity contribution >= 4 is 18.0 Å². The van der Waals surface area contributed by atoms with Crippen LogP contribution in [0.1, 0.15) is 31.2 Å². The van der Waals surface area contributed by atoms with E-state index in [0.717, 1.165) is 5.56 Å². The zero-order chi connectivity index (χ0) is 19.0. The fraction of sp³-hybridized carbons (Fsp3) is 0.500. The van der Waals surface area contributed by atoms with Crippen LogP contribution in [0.25, 0.3) is 0 Å². The van der Waals surface area contributed by atoms with Gasteiger partial charge < -0.3 is 24.6 Å². The van der Waals surface area contributed by atoms with Gasteiger partial charge in [0.1, 0.15) is 13.2 Å². The van der Waals surface area contributed by atoms with E-state index in [0.29, 0.717) is 12.8 Å². The maximum atomic E-state index is 11.5. The van der Waals surface area contributed by atoms with Crippen molar-refractivity contribution in [2.75, 3.05) is 26.4 Å². The number of ether oxygens (including phenoxy) is 3. The maximum Gasteiger partial charge on any atom is 0.407 e. The number of hydrogen-bond donors (Lipinski definition) is 2. The Hall–Kier alpha value is -2.61. The summed E-state index contributed by atoms with van der Waals surface area (Å²) in [5.74, 6) is -1.24. The van der Waals surface area contributed by atoms with Crippen molar-refractivity contribution in [3.05, 3.63) is 35.9 Å². The van der Waals surface area contributed by atoms with Crippen molar-refractivity contribution in [3.63, 3.8) is 0 Å². The molecule has 0 saturated carbocycles. The molecule has 8 heteroatoms. The Balaban J connectivity index is 1.90. The highest BCUT2D eigenvalue weighted by atomic mass is 16.6. The number of carbonyl (C=O) groups excluding carboxylic acids is 2. The lowest BCUT2D eigenvalue weighted by Crippen LogP contribution is -2.28. The van der Waals surface area contributed by atoms with E-state index in [1.54, 1.807) is 0 Å². The van der Waals surface area contributed by atoms with E-state index in [4.69, 9.17) is 19.3 Å². The van der Waals surface area contributed by atoms with Gasteiger partial charge in [-0.2, -0.15) is 0 Å². The first-order valence-electron chi connectivity index (χ1n) is 8.47. The topological polar surface area (TPSA) is 111 Å². The van der Waals surface area contributed by atoms with Crippen molar-refractivity contribution in [2.45, 2.75) is 32.3 Å². The summed E-state index contributed by atoms with van der Waals surface area (Å²) < 4.78 is 15.2. The molecule has 0 aromatic heterocycles. The quantitative estimate of drug-likeness (QED) is 0.406. The van der Waals surface area contributed by atoms with E-state index in [-0.39, 0.29) is 51.8 Å². The monoisotopic (exact) mass is 367 g/mol. The molecule has 0 bridgehead atoms. The molecule has 0 radical (unpaired) electrons. The Morgan fingerprint density at radius 1 is 0.923 bits per heavy atom. The number of nitrogens with one attached hydrogen (secondary N) is 1. The van der Waals surface area contributed by atoms with Gasteiger partial charge in [0, 0.05) is 19.4 Å². The summed E-state index contributed by atoms with van der Waals surface area (Å²) in [6.07, 6.45) is 0.665. The summed E-state index contributed by atoms with van der Waals surface area (Å²) in [6, 6.07) is 9.35. The minimum absolute atomic E-state index is 0.0528. The average molecular weight is 367 g/mol. The molecule has 144 valence electrons. The van der Waals surface area contributed by atoms with E-state index >= 15 is 0 Å². The summed E-state index contributed by atoms with van der Waals surface area (Å²) >= 11 is 0. The standard InChI is InChI=1S/C18H25NO7/c20-16(21)8-4-5-9-17(22)25-13-12-24-11-10-19-18(23)26-14-15-6-2-1-3-7-15/h1-3,6-7H,4-5,8-14H2,(H,19,23)(H,20,21). The molecular weight excluding hydrogens is 342 g/mol. The number of amides is 1. The van der Waals surface area contributed by atoms with Crippen LogP contribution in [-0.2, 0) is 30.4 Å². The molecular formula is C18H25NO7. The summed E-state index contributed by atoms with van der Waals surface area (Å²) in [6.45, 7) is 1.11. The molecule has 0 saturated heterocycles. The zero-order valence-electron chi connectivity index (χ0n) is 14.6. The van der Waals surface area contributed by atoms with Gasteiger partial charge in [-0.25, -0.2) is 4.79 Å². The maximum absolute atomic E-state index is 11.5. The third-order valence-corrected chi connectivity index (χ3v) is 3.24. The predicted molar refractivity (Wildman–Crippen MR) is 92.5 cm³/mol. The van der Waals surface area contributed by atoms with Gasteiger partial charge in [-0.1, -0.05) is 30.3 Å². The molecule has 0 aliphatic carbocycles. The molecule has 0 atom stereocenters. The number of hydrogen-bond acceptors (Lipinski definition) is 6. The minimum atomic E-state index is -0.871. The van der Waals surface area contributed by atoms with E-state index in [1.165, 1.54) is 0 Å². The molecule has 1 amide bonds.